The highest BCUT2D eigenvalue weighted by Crippen LogP contribution is 2.28. The summed E-state index contributed by atoms with van der Waals surface area (Å²) >= 11 is 0. The number of benzene rings is 3. The van der Waals surface area contributed by atoms with Gasteiger partial charge in [0.15, 0.2) is 12.4 Å². The molecule has 0 radical (unpaired) electrons. The molecule has 26 heavy (non-hydrogen) atoms. The minimum atomic E-state index is -0.382. The van der Waals surface area contributed by atoms with E-state index in [1.807, 2.05) is 66.7 Å². The molecule has 0 saturated heterocycles. The van der Waals surface area contributed by atoms with Crippen LogP contribution < -0.4 is 0 Å². The maximum Gasteiger partial charge on any atom is 0.307 e. The van der Waals surface area contributed by atoms with Crippen molar-refractivity contribution in [3.8, 4) is 0 Å². The fraction of sp³-hybridized carbons (Fsp3) is 0.130. The highest BCUT2D eigenvalue weighted by molar-refractivity contribution is 5.97. The third-order valence-electron chi connectivity index (χ3n) is 4.23. The first kappa shape index (κ1) is 17.6. The van der Waals surface area contributed by atoms with Crippen LogP contribution in [0.2, 0.25) is 0 Å². The van der Waals surface area contributed by atoms with E-state index >= 15 is 0 Å². The molecule has 0 aliphatic rings. The molecule has 0 atom stereocenters. The number of carbonyl (C=O) groups is 2. The monoisotopic (exact) mass is 344 g/mol. The maximum absolute atomic E-state index is 12.4. The van der Waals surface area contributed by atoms with Crippen molar-refractivity contribution in [1.29, 1.82) is 0 Å². The van der Waals surface area contributed by atoms with Gasteiger partial charge in [-0.1, -0.05) is 91.0 Å². The SMILES string of the molecule is O=C(CC(c1ccccc1)c1ccccc1)OCC(=O)c1ccccc1. The normalized spacial score (nSPS) is 10.5. The van der Waals surface area contributed by atoms with E-state index in [9.17, 15) is 9.59 Å². The zero-order valence-corrected chi connectivity index (χ0v) is 14.4. The summed E-state index contributed by atoms with van der Waals surface area (Å²) in [6, 6.07) is 28.6. The number of rotatable bonds is 7. The molecule has 0 aromatic heterocycles. The Morgan fingerprint density at radius 2 is 1.15 bits per heavy atom. The van der Waals surface area contributed by atoms with Crippen LogP contribution in [0, 0.1) is 0 Å². The standard InChI is InChI=1S/C23H20O3/c24-22(20-14-8-3-9-15-20)17-26-23(25)16-21(18-10-4-1-5-11-18)19-12-6-2-7-13-19/h1-15,21H,16-17H2. The van der Waals surface area contributed by atoms with Crippen LogP contribution >= 0.6 is 0 Å². The van der Waals surface area contributed by atoms with E-state index < -0.39 is 0 Å². The molecule has 0 spiro atoms. The summed E-state index contributed by atoms with van der Waals surface area (Å²) in [5, 5.41) is 0. The number of Topliss-reactive ketones (excluding diaryl/α,β-unsaturated/α-hetero) is 1. The Morgan fingerprint density at radius 1 is 0.692 bits per heavy atom. The fourth-order valence-corrected chi connectivity index (χ4v) is 2.88. The van der Waals surface area contributed by atoms with E-state index in [4.69, 9.17) is 4.74 Å². The van der Waals surface area contributed by atoms with Crippen molar-refractivity contribution in [2.75, 3.05) is 6.61 Å². The summed E-state index contributed by atoms with van der Waals surface area (Å²) in [5.74, 6) is -0.682. The van der Waals surface area contributed by atoms with Gasteiger partial charge in [0, 0.05) is 11.5 Å². The molecular weight excluding hydrogens is 324 g/mol. The quantitative estimate of drug-likeness (QED) is 0.463. The Balaban J connectivity index is 1.67. The van der Waals surface area contributed by atoms with Crippen LogP contribution in [-0.2, 0) is 9.53 Å². The lowest BCUT2D eigenvalue weighted by molar-refractivity contribution is -0.142. The molecule has 3 nitrogen and oxygen atoms in total. The molecular formula is C23H20O3. The summed E-state index contributed by atoms with van der Waals surface area (Å²) in [4.78, 5) is 24.5. The average molecular weight is 344 g/mol. The van der Waals surface area contributed by atoms with Crippen LogP contribution in [0.25, 0.3) is 0 Å². The smallest absolute Gasteiger partial charge is 0.307 e. The van der Waals surface area contributed by atoms with Gasteiger partial charge < -0.3 is 4.74 Å². The molecule has 0 amide bonds. The largest absolute Gasteiger partial charge is 0.457 e. The highest BCUT2D eigenvalue weighted by atomic mass is 16.5. The van der Waals surface area contributed by atoms with E-state index in [2.05, 4.69) is 0 Å². The van der Waals surface area contributed by atoms with Crippen molar-refractivity contribution in [3.05, 3.63) is 108 Å². The number of hydrogen-bond acceptors (Lipinski definition) is 3. The Kier molecular flexibility index (Phi) is 5.94. The van der Waals surface area contributed by atoms with Crippen molar-refractivity contribution in [2.45, 2.75) is 12.3 Å². The fourth-order valence-electron chi connectivity index (χ4n) is 2.88. The van der Waals surface area contributed by atoms with Crippen molar-refractivity contribution in [1.82, 2.24) is 0 Å². The molecule has 0 aliphatic heterocycles. The van der Waals surface area contributed by atoms with Gasteiger partial charge in [-0.15, -0.1) is 0 Å². The summed E-state index contributed by atoms with van der Waals surface area (Å²) in [6.45, 7) is -0.237. The molecule has 3 rings (SSSR count). The van der Waals surface area contributed by atoms with Crippen LogP contribution in [0.1, 0.15) is 33.8 Å². The number of hydrogen-bond donors (Lipinski definition) is 0. The Morgan fingerprint density at radius 3 is 1.65 bits per heavy atom. The minimum absolute atomic E-state index is 0.100. The van der Waals surface area contributed by atoms with Crippen molar-refractivity contribution >= 4 is 11.8 Å². The molecule has 0 heterocycles. The average Bonchev–Trinajstić information content (AvgIpc) is 2.72. The summed E-state index contributed by atoms with van der Waals surface area (Å²) in [7, 11) is 0. The van der Waals surface area contributed by atoms with Gasteiger partial charge in [0.05, 0.1) is 6.42 Å². The molecule has 0 fully saturated rings. The summed E-state index contributed by atoms with van der Waals surface area (Å²) in [5.41, 5.74) is 2.64. The van der Waals surface area contributed by atoms with Gasteiger partial charge >= 0.3 is 5.97 Å². The number of ether oxygens (including phenoxy) is 1. The van der Waals surface area contributed by atoms with Crippen molar-refractivity contribution in [3.63, 3.8) is 0 Å². The second-order valence-corrected chi connectivity index (χ2v) is 6.03. The van der Waals surface area contributed by atoms with Gasteiger partial charge in [-0.25, -0.2) is 0 Å². The molecule has 0 saturated carbocycles. The second-order valence-electron chi connectivity index (χ2n) is 6.03. The van der Waals surface area contributed by atoms with Gasteiger partial charge in [0.2, 0.25) is 0 Å². The molecule has 3 heteroatoms. The maximum atomic E-state index is 12.4. The lowest BCUT2D eigenvalue weighted by Crippen LogP contribution is -2.17. The number of carbonyl (C=O) groups excluding carboxylic acids is 2. The second kappa shape index (κ2) is 8.77. The molecule has 0 aliphatic carbocycles. The number of esters is 1. The van der Waals surface area contributed by atoms with Gasteiger partial charge in [-0.2, -0.15) is 0 Å². The van der Waals surface area contributed by atoms with Crippen molar-refractivity contribution < 1.29 is 14.3 Å². The Labute approximate surface area is 153 Å². The van der Waals surface area contributed by atoms with Gasteiger partial charge in [-0.05, 0) is 11.1 Å². The van der Waals surface area contributed by atoms with E-state index in [1.54, 1.807) is 24.3 Å². The summed E-state index contributed by atoms with van der Waals surface area (Å²) in [6.07, 6.45) is 0.191. The van der Waals surface area contributed by atoms with Crippen LogP contribution in [0.15, 0.2) is 91.0 Å². The molecule has 0 N–H and O–H groups in total. The van der Waals surface area contributed by atoms with Crippen LogP contribution in [0.5, 0.6) is 0 Å². The van der Waals surface area contributed by atoms with E-state index in [1.165, 1.54) is 0 Å². The first-order chi connectivity index (χ1) is 12.7. The Bertz CT molecular complexity index is 803. The predicted molar refractivity (Wildman–Crippen MR) is 101 cm³/mol. The van der Waals surface area contributed by atoms with E-state index in [0.29, 0.717) is 5.56 Å². The molecule has 0 bridgehead atoms. The first-order valence-corrected chi connectivity index (χ1v) is 8.58. The molecule has 3 aromatic carbocycles. The third-order valence-corrected chi connectivity index (χ3v) is 4.23. The van der Waals surface area contributed by atoms with Gasteiger partial charge in [0.1, 0.15) is 0 Å². The van der Waals surface area contributed by atoms with Gasteiger partial charge in [-0.3, -0.25) is 9.59 Å². The van der Waals surface area contributed by atoms with E-state index in [-0.39, 0.29) is 30.7 Å². The van der Waals surface area contributed by atoms with Gasteiger partial charge in [0.25, 0.3) is 0 Å². The number of ketones is 1. The van der Waals surface area contributed by atoms with Crippen LogP contribution in [-0.4, -0.2) is 18.4 Å². The molecule has 0 unspecified atom stereocenters. The van der Waals surface area contributed by atoms with Crippen LogP contribution in [0.3, 0.4) is 0 Å². The minimum Gasteiger partial charge on any atom is -0.457 e. The zero-order chi connectivity index (χ0) is 18.2. The molecule has 130 valence electrons. The molecule has 3 aromatic rings. The first-order valence-electron chi connectivity index (χ1n) is 8.58. The highest BCUT2D eigenvalue weighted by Gasteiger charge is 2.19. The van der Waals surface area contributed by atoms with Crippen molar-refractivity contribution in [2.24, 2.45) is 0 Å². The lowest BCUT2D eigenvalue weighted by Gasteiger charge is -2.17. The predicted octanol–water partition coefficient (Wildman–Crippen LogP) is 4.63. The Hall–Kier alpha value is -3.20. The third kappa shape index (κ3) is 4.67. The summed E-state index contributed by atoms with van der Waals surface area (Å²) < 4.78 is 5.24. The topological polar surface area (TPSA) is 43.4 Å². The van der Waals surface area contributed by atoms with E-state index in [0.717, 1.165) is 11.1 Å². The zero-order valence-electron chi connectivity index (χ0n) is 14.4. The van der Waals surface area contributed by atoms with Crippen LogP contribution in [0.4, 0.5) is 0 Å². The lowest BCUT2D eigenvalue weighted by atomic mass is 9.89.